The molecule has 1 amide bonds. The maximum atomic E-state index is 14.0. The lowest BCUT2D eigenvalue weighted by Crippen LogP contribution is -2.39. The van der Waals surface area contributed by atoms with Crippen molar-refractivity contribution in [2.24, 2.45) is 0 Å². The Bertz CT molecular complexity index is 1710. The van der Waals surface area contributed by atoms with Crippen molar-refractivity contribution in [3.05, 3.63) is 141 Å². The van der Waals surface area contributed by atoms with Crippen LogP contribution in [0.3, 0.4) is 0 Å². The molecule has 5 aromatic rings. The number of hydrogen-bond donors (Lipinski definition) is 0. The Morgan fingerprint density at radius 1 is 0.923 bits per heavy atom. The van der Waals surface area contributed by atoms with Crippen molar-refractivity contribution in [1.29, 1.82) is 0 Å². The summed E-state index contributed by atoms with van der Waals surface area (Å²) in [7, 11) is 0. The highest BCUT2D eigenvalue weighted by Gasteiger charge is 2.29. The average molecular weight is 536 g/mol. The molecule has 0 saturated heterocycles. The number of benzene rings is 4. The number of carbonyl (C=O) groups is 1. The first-order valence-corrected chi connectivity index (χ1v) is 13.4. The zero-order valence-corrected chi connectivity index (χ0v) is 23.0. The van der Waals surface area contributed by atoms with E-state index in [0.29, 0.717) is 40.3 Å². The molecule has 5 nitrogen and oxygen atoms in total. The van der Waals surface area contributed by atoms with Gasteiger partial charge in [-0.25, -0.2) is 4.98 Å². The number of aryl methyl sites for hydroxylation is 2. The summed E-state index contributed by atoms with van der Waals surface area (Å²) in [5, 5.41) is 0.916. The molecule has 0 saturated carbocycles. The van der Waals surface area contributed by atoms with Gasteiger partial charge in [-0.05, 0) is 68.7 Å². The molecule has 5 rings (SSSR count). The van der Waals surface area contributed by atoms with Crippen LogP contribution in [0.4, 0.5) is 0 Å². The molecule has 0 radical (unpaired) electrons. The summed E-state index contributed by atoms with van der Waals surface area (Å²) in [6.07, 6.45) is 0.642. The molecular weight excluding hydrogens is 506 g/mol. The second-order valence-electron chi connectivity index (χ2n) is 9.81. The minimum absolute atomic E-state index is 0.164. The van der Waals surface area contributed by atoms with Crippen molar-refractivity contribution in [1.82, 2.24) is 14.5 Å². The second-order valence-corrected chi connectivity index (χ2v) is 10.2. The predicted molar refractivity (Wildman–Crippen MR) is 158 cm³/mol. The largest absolute Gasteiger partial charge is 0.328 e. The fraction of sp³-hybridized carbons (Fsp3) is 0.182. The van der Waals surface area contributed by atoms with E-state index in [0.717, 1.165) is 22.4 Å². The SMILES string of the molecule is Cc1ccc(-n2c(C(C)N(CCc3ccccc3)C(=O)c3ccccc3Cl)nc3ccccc3c2=O)c(C)c1. The Morgan fingerprint density at radius 3 is 2.36 bits per heavy atom. The first-order valence-electron chi connectivity index (χ1n) is 13.0. The fourth-order valence-electron chi connectivity index (χ4n) is 5.01. The summed E-state index contributed by atoms with van der Waals surface area (Å²) in [4.78, 5) is 34.8. The van der Waals surface area contributed by atoms with Gasteiger partial charge in [0.05, 0.1) is 33.2 Å². The van der Waals surface area contributed by atoms with Gasteiger partial charge in [0.15, 0.2) is 0 Å². The summed E-state index contributed by atoms with van der Waals surface area (Å²) < 4.78 is 1.66. The van der Waals surface area contributed by atoms with E-state index in [1.54, 1.807) is 39.8 Å². The Morgan fingerprint density at radius 2 is 1.62 bits per heavy atom. The molecular formula is C33H30ClN3O2. The minimum Gasteiger partial charge on any atom is -0.328 e. The molecule has 4 aromatic carbocycles. The van der Waals surface area contributed by atoms with Gasteiger partial charge in [-0.3, -0.25) is 14.2 Å². The van der Waals surface area contributed by atoms with E-state index < -0.39 is 6.04 Å². The Labute approximate surface area is 233 Å². The first-order chi connectivity index (χ1) is 18.8. The van der Waals surface area contributed by atoms with Gasteiger partial charge in [-0.15, -0.1) is 0 Å². The summed E-state index contributed by atoms with van der Waals surface area (Å²) >= 11 is 6.48. The van der Waals surface area contributed by atoms with Crippen LogP contribution in [0.1, 0.15) is 45.8 Å². The monoisotopic (exact) mass is 535 g/mol. The minimum atomic E-state index is -0.532. The van der Waals surface area contributed by atoms with Crippen LogP contribution in [0, 0.1) is 13.8 Å². The van der Waals surface area contributed by atoms with Crippen molar-refractivity contribution < 1.29 is 4.79 Å². The van der Waals surface area contributed by atoms with Crippen LogP contribution in [-0.4, -0.2) is 26.9 Å². The van der Waals surface area contributed by atoms with E-state index in [2.05, 4.69) is 0 Å². The molecule has 0 spiro atoms. The van der Waals surface area contributed by atoms with Crippen molar-refractivity contribution in [3.8, 4) is 5.69 Å². The third kappa shape index (κ3) is 5.36. The lowest BCUT2D eigenvalue weighted by molar-refractivity contribution is 0.0684. The van der Waals surface area contributed by atoms with Gasteiger partial charge in [0.2, 0.25) is 0 Å². The van der Waals surface area contributed by atoms with Crippen molar-refractivity contribution in [3.63, 3.8) is 0 Å². The second kappa shape index (κ2) is 11.3. The number of halogens is 1. The molecule has 0 fully saturated rings. The van der Waals surface area contributed by atoms with E-state index >= 15 is 0 Å². The maximum Gasteiger partial charge on any atom is 0.266 e. The maximum absolute atomic E-state index is 14.0. The number of nitrogens with zero attached hydrogens (tertiary/aromatic N) is 3. The van der Waals surface area contributed by atoms with Crippen LogP contribution in [0.5, 0.6) is 0 Å². The molecule has 0 N–H and O–H groups in total. The van der Waals surface area contributed by atoms with Gasteiger partial charge in [-0.1, -0.05) is 83.9 Å². The van der Waals surface area contributed by atoms with Gasteiger partial charge in [0, 0.05) is 6.54 Å². The molecule has 1 atom stereocenters. The summed E-state index contributed by atoms with van der Waals surface area (Å²) in [5.74, 6) is 0.290. The van der Waals surface area contributed by atoms with E-state index in [9.17, 15) is 9.59 Å². The van der Waals surface area contributed by atoms with Gasteiger partial charge in [0.25, 0.3) is 11.5 Å². The number of rotatable bonds is 7. The third-order valence-corrected chi connectivity index (χ3v) is 7.41. The number of aromatic nitrogens is 2. The van der Waals surface area contributed by atoms with Crippen LogP contribution in [0.2, 0.25) is 5.02 Å². The van der Waals surface area contributed by atoms with Gasteiger partial charge >= 0.3 is 0 Å². The van der Waals surface area contributed by atoms with Crippen LogP contribution >= 0.6 is 11.6 Å². The molecule has 1 heterocycles. The number of para-hydroxylation sites is 1. The van der Waals surface area contributed by atoms with Crippen LogP contribution in [0.25, 0.3) is 16.6 Å². The topological polar surface area (TPSA) is 55.2 Å². The molecule has 39 heavy (non-hydrogen) atoms. The van der Waals surface area contributed by atoms with Crippen LogP contribution < -0.4 is 5.56 Å². The molecule has 0 aliphatic rings. The summed E-state index contributed by atoms with van der Waals surface area (Å²) in [6, 6.07) is 29.9. The number of carbonyl (C=O) groups excluding carboxylic acids is 1. The summed E-state index contributed by atoms with van der Waals surface area (Å²) in [6.45, 7) is 6.36. The molecule has 6 heteroatoms. The highest BCUT2D eigenvalue weighted by molar-refractivity contribution is 6.33. The number of hydrogen-bond acceptors (Lipinski definition) is 3. The Balaban J connectivity index is 1.68. The van der Waals surface area contributed by atoms with Gasteiger partial charge in [-0.2, -0.15) is 0 Å². The predicted octanol–water partition coefficient (Wildman–Crippen LogP) is 7.10. The average Bonchev–Trinajstić information content (AvgIpc) is 2.94. The zero-order chi connectivity index (χ0) is 27.5. The molecule has 1 unspecified atom stereocenters. The molecule has 196 valence electrons. The molecule has 0 bridgehead atoms. The lowest BCUT2D eigenvalue weighted by atomic mass is 10.1. The first kappa shape index (κ1) is 26.4. The highest BCUT2D eigenvalue weighted by atomic mass is 35.5. The van der Waals surface area contributed by atoms with Crippen molar-refractivity contribution >= 4 is 28.4 Å². The smallest absolute Gasteiger partial charge is 0.266 e. The normalized spacial score (nSPS) is 11.9. The van der Waals surface area contributed by atoms with E-state index in [1.807, 2.05) is 87.5 Å². The zero-order valence-electron chi connectivity index (χ0n) is 22.3. The highest BCUT2D eigenvalue weighted by Crippen LogP contribution is 2.28. The van der Waals surface area contributed by atoms with E-state index in [-0.39, 0.29) is 11.5 Å². The van der Waals surface area contributed by atoms with E-state index in [1.165, 1.54) is 0 Å². The van der Waals surface area contributed by atoms with Crippen LogP contribution in [-0.2, 0) is 6.42 Å². The van der Waals surface area contributed by atoms with Gasteiger partial charge in [0.1, 0.15) is 5.82 Å². The molecule has 1 aromatic heterocycles. The van der Waals surface area contributed by atoms with Crippen molar-refractivity contribution in [2.75, 3.05) is 6.54 Å². The van der Waals surface area contributed by atoms with Crippen molar-refractivity contribution in [2.45, 2.75) is 33.2 Å². The van der Waals surface area contributed by atoms with Crippen LogP contribution in [0.15, 0.2) is 102 Å². The number of amides is 1. The quantitative estimate of drug-likeness (QED) is 0.223. The number of fused-ring (bicyclic) bond motifs is 1. The lowest BCUT2D eigenvalue weighted by Gasteiger charge is -2.31. The molecule has 0 aliphatic carbocycles. The molecule has 0 aliphatic heterocycles. The standard InChI is InChI=1S/C33H30ClN3O2/c1-22-17-18-30(23(2)21-22)37-31(35-29-16-10-8-14-27(29)33(37)39)24(3)36(20-19-25-11-5-4-6-12-25)32(38)26-13-7-9-15-28(26)34/h4-18,21,24H,19-20H2,1-3H3. The Kier molecular flexibility index (Phi) is 7.62. The third-order valence-electron chi connectivity index (χ3n) is 7.09. The Hall–Kier alpha value is -4.22. The fourth-order valence-corrected chi connectivity index (χ4v) is 5.23. The summed E-state index contributed by atoms with van der Waals surface area (Å²) in [5.41, 5.74) is 4.77. The van der Waals surface area contributed by atoms with E-state index in [4.69, 9.17) is 16.6 Å². The van der Waals surface area contributed by atoms with Gasteiger partial charge < -0.3 is 4.90 Å².